The molecule has 0 N–H and O–H groups in total. The van der Waals surface area contributed by atoms with Gasteiger partial charge in [0.05, 0.1) is 13.7 Å². The fourth-order valence-electron chi connectivity index (χ4n) is 2.57. The molecule has 1 unspecified atom stereocenters. The number of carbonyl (C=O) groups excluding carboxylic acids is 2. The Morgan fingerprint density at radius 2 is 2.00 bits per heavy atom. The maximum absolute atomic E-state index is 12.6. The van der Waals surface area contributed by atoms with Crippen LogP contribution in [0.25, 0.3) is 0 Å². The van der Waals surface area contributed by atoms with Crippen LogP contribution in [0.4, 0.5) is 0 Å². The average Bonchev–Trinajstić information content (AvgIpc) is 2.43. The molecule has 1 aliphatic rings. The highest BCUT2D eigenvalue weighted by atomic mass is 32.2. The molecule has 0 aromatic carbocycles. The minimum absolute atomic E-state index is 0.00287. The number of hydrogen-bond donors (Lipinski definition) is 0. The fraction of sp³-hybridized carbons (Fsp3) is 0.857. The predicted octanol–water partition coefficient (Wildman–Crippen LogP) is 1.97. The zero-order valence-corrected chi connectivity index (χ0v) is 13.2. The number of hydrogen-bond acceptors (Lipinski definition) is 5. The Labute approximate surface area is 120 Å². The van der Waals surface area contributed by atoms with Crippen LogP contribution in [0.1, 0.15) is 33.6 Å². The Hall–Kier alpha value is -0.550. The molecule has 1 heterocycles. The van der Waals surface area contributed by atoms with E-state index in [2.05, 4.69) is 11.8 Å². The standard InChI is InChI=1S/C14H25NO3S/c1-5-14(6-2,13(17)18-4)12(16)9-15-7-8-19-10-11(15)3/h11H,5-10H2,1-4H3. The molecule has 0 saturated carbocycles. The van der Waals surface area contributed by atoms with Crippen molar-refractivity contribution in [2.45, 2.75) is 39.7 Å². The largest absolute Gasteiger partial charge is 0.468 e. The second-order valence-corrected chi connectivity index (χ2v) is 6.25. The van der Waals surface area contributed by atoms with Crippen molar-refractivity contribution >= 4 is 23.5 Å². The first-order valence-corrected chi connectivity index (χ1v) is 8.10. The number of methoxy groups -OCH3 is 1. The Morgan fingerprint density at radius 1 is 1.37 bits per heavy atom. The Kier molecular flexibility index (Phi) is 6.33. The minimum atomic E-state index is -0.959. The summed E-state index contributed by atoms with van der Waals surface area (Å²) in [6.45, 7) is 7.18. The molecule has 0 radical (unpaired) electrons. The van der Waals surface area contributed by atoms with E-state index in [9.17, 15) is 9.59 Å². The number of thioether (sulfide) groups is 1. The van der Waals surface area contributed by atoms with Crippen LogP contribution in [0, 0.1) is 5.41 Å². The van der Waals surface area contributed by atoms with E-state index in [4.69, 9.17) is 4.74 Å². The van der Waals surface area contributed by atoms with Gasteiger partial charge < -0.3 is 4.74 Å². The highest BCUT2D eigenvalue weighted by molar-refractivity contribution is 7.99. The van der Waals surface area contributed by atoms with E-state index in [1.54, 1.807) is 0 Å². The number of carbonyl (C=O) groups is 2. The molecule has 0 aliphatic carbocycles. The van der Waals surface area contributed by atoms with Crippen molar-refractivity contribution < 1.29 is 14.3 Å². The average molecular weight is 287 g/mol. The van der Waals surface area contributed by atoms with Crippen LogP contribution in [-0.2, 0) is 14.3 Å². The molecule has 1 atom stereocenters. The molecule has 4 nitrogen and oxygen atoms in total. The van der Waals surface area contributed by atoms with Crippen LogP contribution < -0.4 is 0 Å². The summed E-state index contributed by atoms with van der Waals surface area (Å²) in [5.41, 5.74) is -0.959. The second-order valence-electron chi connectivity index (χ2n) is 5.10. The van der Waals surface area contributed by atoms with E-state index in [0.717, 1.165) is 18.1 Å². The first-order valence-electron chi connectivity index (χ1n) is 6.95. The van der Waals surface area contributed by atoms with Crippen molar-refractivity contribution in [1.82, 2.24) is 4.90 Å². The number of Topliss-reactive ketones (excluding diaryl/α,β-unsaturated/α-hetero) is 1. The lowest BCUT2D eigenvalue weighted by Gasteiger charge is -2.35. The van der Waals surface area contributed by atoms with Gasteiger partial charge in [0.1, 0.15) is 5.41 Å². The van der Waals surface area contributed by atoms with Crippen LogP contribution in [-0.4, -0.2) is 54.4 Å². The lowest BCUT2D eigenvalue weighted by atomic mass is 9.78. The van der Waals surface area contributed by atoms with Crippen LogP contribution >= 0.6 is 11.8 Å². The molecule has 1 saturated heterocycles. The van der Waals surface area contributed by atoms with Gasteiger partial charge in [-0.1, -0.05) is 13.8 Å². The summed E-state index contributed by atoms with van der Waals surface area (Å²) in [6, 6.07) is 0.395. The lowest BCUT2D eigenvalue weighted by Crippen LogP contribution is -2.49. The molecule has 0 spiro atoms. The molecule has 0 aromatic rings. The molecule has 1 fully saturated rings. The van der Waals surface area contributed by atoms with Crippen LogP contribution in [0.5, 0.6) is 0 Å². The van der Waals surface area contributed by atoms with Crippen LogP contribution in [0.3, 0.4) is 0 Å². The number of esters is 1. The third-order valence-electron chi connectivity index (χ3n) is 4.17. The molecule has 0 bridgehead atoms. The van der Waals surface area contributed by atoms with Crippen molar-refractivity contribution in [2.75, 3.05) is 31.7 Å². The number of rotatable bonds is 6. The van der Waals surface area contributed by atoms with E-state index in [0.29, 0.717) is 25.4 Å². The summed E-state index contributed by atoms with van der Waals surface area (Å²) >= 11 is 1.92. The van der Waals surface area contributed by atoms with E-state index in [1.165, 1.54) is 7.11 Å². The summed E-state index contributed by atoms with van der Waals surface area (Å²) in [7, 11) is 1.36. The molecule has 19 heavy (non-hydrogen) atoms. The van der Waals surface area contributed by atoms with Gasteiger partial charge in [-0.3, -0.25) is 14.5 Å². The van der Waals surface area contributed by atoms with Crippen molar-refractivity contribution in [3.05, 3.63) is 0 Å². The first kappa shape index (κ1) is 16.5. The maximum Gasteiger partial charge on any atom is 0.319 e. The van der Waals surface area contributed by atoms with Gasteiger partial charge in [-0.25, -0.2) is 0 Å². The van der Waals surface area contributed by atoms with E-state index in [1.807, 2.05) is 25.6 Å². The highest BCUT2D eigenvalue weighted by Crippen LogP contribution is 2.30. The summed E-state index contributed by atoms with van der Waals surface area (Å²) in [4.78, 5) is 26.8. The second kappa shape index (κ2) is 7.29. The third kappa shape index (κ3) is 3.51. The van der Waals surface area contributed by atoms with Gasteiger partial charge >= 0.3 is 5.97 Å². The van der Waals surface area contributed by atoms with Gasteiger partial charge in [0.2, 0.25) is 0 Å². The zero-order valence-electron chi connectivity index (χ0n) is 12.4. The van der Waals surface area contributed by atoms with Crippen molar-refractivity contribution in [2.24, 2.45) is 5.41 Å². The molecule has 0 amide bonds. The lowest BCUT2D eigenvalue weighted by molar-refractivity contribution is -0.159. The maximum atomic E-state index is 12.6. The van der Waals surface area contributed by atoms with E-state index in [-0.39, 0.29) is 11.8 Å². The molecule has 0 aromatic heterocycles. The normalized spacial score (nSPS) is 21.2. The molecule has 110 valence electrons. The summed E-state index contributed by atoms with van der Waals surface area (Å²) in [6.07, 6.45) is 1.01. The number of nitrogens with zero attached hydrogens (tertiary/aromatic N) is 1. The SMILES string of the molecule is CCC(CC)(C(=O)CN1CCSCC1C)C(=O)OC. The van der Waals surface area contributed by atoms with Crippen LogP contribution in [0.15, 0.2) is 0 Å². The first-order chi connectivity index (χ1) is 9.01. The molecule has 5 heteroatoms. The Morgan fingerprint density at radius 3 is 2.47 bits per heavy atom. The third-order valence-corrected chi connectivity index (χ3v) is 5.36. The van der Waals surface area contributed by atoms with Gasteiger partial charge in [0.15, 0.2) is 5.78 Å². The monoisotopic (exact) mass is 287 g/mol. The number of ketones is 1. The van der Waals surface area contributed by atoms with Crippen LogP contribution in [0.2, 0.25) is 0 Å². The van der Waals surface area contributed by atoms with Gasteiger partial charge in [0, 0.05) is 24.1 Å². The van der Waals surface area contributed by atoms with Gasteiger partial charge in [0.25, 0.3) is 0 Å². The summed E-state index contributed by atoms with van der Waals surface area (Å²) in [5.74, 6) is 1.72. The van der Waals surface area contributed by atoms with Gasteiger partial charge in [-0.15, -0.1) is 0 Å². The van der Waals surface area contributed by atoms with Crippen molar-refractivity contribution in [3.8, 4) is 0 Å². The molecule has 1 aliphatic heterocycles. The predicted molar refractivity (Wildman–Crippen MR) is 78.4 cm³/mol. The fourth-order valence-corrected chi connectivity index (χ4v) is 3.66. The molecular weight excluding hydrogens is 262 g/mol. The topological polar surface area (TPSA) is 46.6 Å². The van der Waals surface area contributed by atoms with E-state index >= 15 is 0 Å². The van der Waals surface area contributed by atoms with E-state index < -0.39 is 5.41 Å². The summed E-state index contributed by atoms with van der Waals surface area (Å²) < 4.78 is 4.85. The Bertz CT molecular complexity index is 329. The highest BCUT2D eigenvalue weighted by Gasteiger charge is 2.44. The molecule has 1 rings (SSSR count). The Balaban J connectivity index is 2.79. The quantitative estimate of drug-likeness (QED) is 0.552. The van der Waals surface area contributed by atoms with Crippen molar-refractivity contribution in [1.29, 1.82) is 0 Å². The molecular formula is C14H25NO3S. The van der Waals surface area contributed by atoms with Gasteiger partial charge in [-0.05, 0) is 19.8 Å². The smallest absolute Gasteiger partial charge is 0.319 e. The summed E-state index contributed by atoms with van der Waals surface area (Å²) in [5, 5.41) is 0. The minimum Gasteiger partial charge on any atom is -0.468 e. The van der Waals surface area contributed by atoms with Gasteiger partial charge in [-0.2, -0.15) is 11.8 Å². The number of ether oxygens (including phenoxy) is 1. The zero-order chi connectivity index (χ0) is 14.5. The van der Waals surface area contributed by atoms with Crippen molar-refractivity contribution in [3.63, 3.8) is 0 Å².